The fraction of sp³-hybridized carbons (Fsp3) is 0.182. The van der Waals surface area contributed by atoms with Gasteiger partial charge in [0.1, 0.15) is 17.7 Å². The first-order chi connectivity index (χ1) is 22.6. The van der Waals surface area contributed by atoms with Crippen LogP contribution in [0.15, 0.2) is 88.1 Å². The Morgan fingerprint density at radius 1 is 0.745 bits per heavy atom. The van der Waals surface area contributed by atoms with E-state index in [4.69, 9.17) is 4.98 Å². The SMILES string of the molecule is CP(C)c1ccccc1Nc1nc(Nc2ccc3c(c2)NC(=O)C(Nc2ncc(Br)c(Nc4ccccc4P(C)C)n2)C3)ncc1Br. The van der Waals surface area contributed by atoms with Crippen LogP contribution in [0.25, 0.3) is 0 Å². The highest BCUT2D eigenvalue weighted by molar-refractivity contribution is 9.11. The number of hydrogen-bond donors (Lipinski definition) is 5. The molecule has 47 heavy (non-hydrogen) atoms. The van der Waals surface area contributed by atoms with E-state index in [1.165, 1.54) is 10.6 Å². The monoisotopic (exact) mass is 791 g/mol. The van der Waals surface area contributed by atoms with E-state index in [-0.39, 0.29) is 21.8 Å². The van der Waals surface area contributed by atoms with Crippen molar-refractivity contribution in [2.45, 2.75) is 12.5 Å². The molecule has 14 heteroatoms. The summed E-state index contributed by atoms with van der Waals surface area (Å²) >= 11 is 7.13. The molecule has 6 rings (SSSR count). The predicted octanol–water partition coefficient (Wildman–Crippen LogP) is 7.73. The van der Waals surface area contributed by atoms with Crippen LogP contribution >= 0.6 is 47.7 Å². The molecule has 0 saturated carbocycles. The van der Waals surface area contributed by atoms with E-state index in [2.05, 4.69) is 124 Å². The summed E-state index contributed by atoms with van der Waals surface area (Å²) in [5.41, 5.74) is 4.49. The number of rotatable bonds is 10. The van der Waals surface area contributed by atoms with Crippen molar-refractivity contribution in [3.63, 3.8) is 0 Å². The minimum Gasteiger partial charge on any atom is -0.342 e. The Labute approximate surface area is 293 Å². The Hall–Kier alpha value is -3.69. The van der Waals surface area contributed by atoms with Crippen LogP contribution in [-0.2, 0) is 11.2 Å². The molecule has 1 aliphatic rings. The average molecular weight is 793 g/mol. The first-order valence-electron chi connectivity index (χ1n) is 14.7. The van der Waals surface area contributed by atoms with E-state index in [9.17, 15) is 4.79 Å². The third-order valence-electron chi connectivity index (χ3n) is 7.43. The molecule has 3 heterocycles. The summed E-state index contributed by atoms with van der Waals surface area (Å²) in [7, 11) is -0.612. The molecule has 10 nitrogen and oxygen atoms in total. The third-order valence-corrected chi connectivity index (χ3v) is 11.3. The summed E-state index contributed by atoms with van der Waals surface area (Å²) in [5.74, 6) is 1.90. The van der Waals surface area contributed by atoms with Gasteiger partial charge in [0.15, 0.2) is 0 Å². The molecule has 0 aliphatic carbocycles. The molecular formula is C33H33Br2N9OP2. The van der Waals surface area contributed by atoms with Gasteiger partial charge >= 0.3 is 0 Å². The number of nitrogens with one attached hydrogen (secondary N) is 5. The Bertz CT molecular complexity index is 1940. The summed E-state index contributed by atoms with van der Waals surface area (Å²) in [6, 6.07) is 21.8. The molecule has 0 radical (unpaired) electrons. The standard InChI is InChI=1S/C33H33Br2N9OP2/c1-46(2)27-11-7-5-9-23(27)39-29-21(34)17-36-32(43-29)38-20-14-13-19-15-26(31(45)41-25(19)16-20)42-33-37-18-22(35)30(44-33)40-24-10-6-8-12-28(24)47(3)4/h5-14,16-18,26H,15H2,1-4H3,(H,41,45)(H2,36,38,39,43)(H2,37,40,42,44). The molecular weight excluding hydrogens is 760 g/mol. The highest BCUT2D eigenvalue weighted by Crippen LogP contribution is 2.34. The van der Waals surface area contributed by atoms with E-state index in [0.29, 0.717) is 30.0 Å². The lowest BCUT2D eigenvalue weighted by Gasteiger charge is -2.26. The number of halogens is 2. The maximum atomic E-state index is 13.2. The number of carbonyl (C=O) groups is 1. The maximum Gasteiger partial charge on any atom is 0.247 e. The number of hydrogen-bond acceptors (Lipinski definition) is 9. The Kier molecular flexibility index (Phi) is 10.3. The van der Waals surface area contributed by atoms with Gasteiger partial charge in [0, 0.05) is 41.6 Å². The van der Waals surface area contributed by atoms with Crippen molar-refractivity contribution in [3.8, 4) is 0 Å². The van der Waals surface area contributed by atoms with Crippen LogP contribution in [-0.4, -0.2) is 58.5 Å². The van der Waals surface area contributed by atoms with Gasteiger partial charge in [-0.3, -0.25) is 4.79 Å². The summed E-state index contributed by atoms with van der Waals surface area (Å²) in [5, 5.41) is 18.9. The van der Waals surface area contributed by atoms with Crippen LogP contribution in [0.2, 0.25) is 0 Å². The topological polar surface area (TPSA) is 129 Å². The van der Waals surface area contributed by atoms with Gasteiger partial charge in [-0.25, -0.2) is 9.97 Å². The molecule has 5 N–H and O–H groups in total. The summed E-state index contributed by atoms with van der Waals surface area (Å²) in [6.45, 7) is 8.88. The van der Waals surface area contributed by atoms with Gasteiger partial charge in [0.2, 0.25) is 17.8 Å². The summed E-state index contributed by atoms with van der Waals surface area (Å²) < 4.78 is 1.48. The largest absolute Gasteiger partial charge is 0.342 e. The fourth-order valence-corrected chi connectivity index (χ4v) is 7.69. The number of benzene rings is 3. The number of amides is 1. The predicted molar refractivity (Wildman–Crippen MR) is 205 cm³/mol. The van der Waals surface area contributed by atoms with Crippen molar-refractivity contribution in [2.75, 3.05) is 53.2 Å². The molecule has 0 spiro atoms. The summed E-state index contributed by atoms with van der Waals surface area (Å²) in [6.07, 6.45) is 3.87. The number of para-hydroxylation sites is 2. The highest BCUT2D eigenvalue weighted by Gasteiger charge is 2.27. The molecule has 5 aromatic rings. The first-order valence-corrected chi connectivity index (χ1v) is 20.8. The van der Waals surface area contributed by atoms with Crippen LogP contribution in [0.5, 0.6) is 0 Å². The second kappa shape index (κ2) is 14.6. The number of fused-ring (bicyclic) bond motifs is 1. The van der Waals surface area contributed by atoms with E-state index in [0.717, 1.165) is 37.3 Å². The van der Waals surface area contributed by atoms with Crippen LogP contribution in [0.4, 0.5) is 46.3 Å². The molecule has 3 aromatic carbocycles. The number of nitrogens with zero attached hydrogens (tertiary/aromatic N) is 4. The molecule has 1 aliphatic heterocycles. The van der Waals surface area contributed by atoms with E-state index in [1.807, 2.05) is 42.5 Å². The van der Waals surface area contributed by atoms with Crippen LogP contribution < -0.4 is 37.2 Å². The lowest BCUT2D eigenvalue weighted by Crippen LogP contribution is -2.40. The molecule has 0 fully saturated rings. The molecule has 1 atom stereocenters. The van der Waals surface area contributed by atoms with Crippen LogP contribution in [0.1, 0.15) is 5.56 Å². The molecule has 2 aromatic heterocycles. The van der Waals surface area contributed by atoms with Crippen molar-refractivity contribution in [1.82, 2.24) is 19.9 Å². The molecule has 1 amide bonds. The van der Waals surface area contributed by atoms with Crippen molar-refractivity contribution >= 4 is 111 Å². The molecule has 240 valence electrons. The van der Waals surface area contributed by atoms with Crippen LogP contribution in [0, 0.1) is 0 Å². The maximum absolute atomic E-state index is 13.2. The zero-order valence-electron chi connectivity index (χ0n) is 26.1. The smallest absolute Gasteiger partial charge is 0.247 e. The second-order valence-electron chi connectivity index (χ2n) is 11.2. The van der Waals surface area contributed by atoms with Gasteiger partial charge in [-0.15, -0.1) is 0 Å². The quantitative estimate of drug-likeness (QED) is 0.0903. The molecule has 1 unspecified atom stereocenters. The minimum atomic E-state index is -0.541. The molecule has 0 bridgehead atoms. The van der Waals surface area contributed by atoms with Gasteiger partial charge in [-0.1, -0.05) is 58.3 Å². The third kappa shape index (κ3) is 7.90. The number of anilines is 8. The summed E-state index contributed by atoms with van der Waals surface area (Å²) in [4.78, 5) is 31.5. The van der Waals surface area contributed by atoms with E-state index < -0.39 is 6.04 Å². The average Bonchev–Trinajstić information content (AvgIpc) is 3.05. The van der Waals surface area contributed by atoms with Gasteiger partial charge in [-0.2, -0.15) is 9.97 Å². The number of aromatic nitrogens is 4. The molecule has 0 saturated heterocycles. The zero-order chi connectivity index (χ0) is 33.1. The van der Waals surface area contributed by atoms with Gasteiger partial charge in [0.05, 0.1) is 8.95 Å². The van der Waals surface area contributed by atoms with E-state index >= 15 is 0 Å². The zero-order valence-corrected chi connectivity index (χ0v) is 31.1. The second-order valence-corrected chi connectivity index (χ2v) is 17.5. The Morgan fingerprint density at radius 3 is 1.89 bits per heavy atom. The van der Waals surface area contributed by atoms with Gasteiger partial charge in [0.25, 0.3) is 0 Å². The van der Waals surface area contributed by atoms with Crippen molar-refractivity contribution in [1.29, 1.82) is 0 Å². The lowest BCUT2D eigenvalue weighted by atomic mass is 9.98. The van der Waals surface area contributed by atoms with Crippen LogP contribution in [0.3, 0.4) is 0 Å². The van der Waals surface area contributed by atoms with E-state index in [1.54, 1.807) is 12.4 Å². The minimum absolute atomic E-state index is 0.166. The van der Waals surface area contributed by atoms with Gasteiger partial charge < -0.3 is 26.6 Å². The van der Waals surface area contributed by atoms with Crippen molar-refractivity contribution < 1.29 is 4.79 Å². The lowest BCUT2D eigenvalue weighted by molar-refractivity contribution is -0.117. The Balaban J connectivity index is 1.15. The normalized spacial score (nSPS) is 14.0. The first kappa shape index (κ1) is 33.2. The van der Waals surface area contributed by atoms with Crippen molar-refractivity contribution in [3.05, 3.63) is 93.6 Å². The Morgan fingerprint density at radius 2 is 1.30 bits per heavy atom. The van der Waals surface area contributed by atoms with Gasteiger partial charge in [-0.05, 0) is 99.0 Å². The fourth-order valence-electron chi connectivity index (χ4n) is 5.12. The van der Waals surface area contributed by atoms with Crippen molar-refractivity contribution in [2.24, 2.45) is 0 Å². The number of carbonyl (C=O) groups excluding carboxylic acids is 1. The highest BCUT2D eigenvalue weighted by atomic mass is 79.9.